The summed E-state index contributed by atoms with van der Waals surface area (Å²) < 4.78 is 16.9. The molecule has 6 nitrogen and oxygen atoms in total. The van der Waals surface area contributed by atoms with Gasteiger partial charge in [-0.05, 0) is 96.3 Å². The lowest BCUT2D eigenvalue weighted by Gasteiger charge is -2.18. The molecule has 0 rings (SSSR count). The minimum Gasteiger partial charge on any atom is -0.462 e. The number of unbranched alkanes of at least 4 members (excludes halogenated alkanes) is 29. The highest BCUT2D eigenvalue weighted by atomic mass is 16.6. The topological polar surface area (TPSA) is 78.9 Å². The monoisotopic (exact) mass is 1030 g/mol. The second-order valence-electron chi connectivity index (χ2n) is 20.6. The number of allylic oxidation sites excluding steroid dienone is 16. The number of carbonyl (C=O) groups excluding carboxylic acids is 3. The first-order valence-corrected chi connectivity index (χ1v) is 31.2. The van der Waals surface area contributed by atoms with Gasteiger partial charge in [-0.2, -0.15) is 0 Å². The van der Waals surface area contributed by atoms with Gasteiger partial charge in [-0.25, -0.2) is 0 Å². The minimum atomic E-state index is -0.784. The van der Waals surface area contributed by atoms with E-state index in [1.54, 1.807) is 0 Å². The third-order valence-electron chi connectivity index (χ3n) is 13.3. The van der Waals surface area contributed by atoms with Crippen LogP contribution in [0, 0.1) is 0 Å². The van der Waals surface area contributed by atoms with Gasteiger partial charge in [-0.15, -0.1) is 0 Å². The lowest BCUT2D eigenvalue weighted by molar-refractivity contribution is -0.167. The molecule has 0 saturated carbocycles. The maximum absolute atomic E-state index is 12.9. The highest BCUT2D eigenvalue weighted by Gasteiger charge is 2.19. The molecule has 0 saturated heterocycles. The fourth-order valence-electron chi connectivity index (χ4n) is 8.64. The molecule has 0 bridgehead atoms. The van der Waals surface area contributed by atoms with E-state index in [1.807, 2.05) is 0 Å². The van der Waals surface area contributed by atoms with Crippen molar-refractivity contribution in [1.82, 2.24) is 0 Å². The van der Waals surface area contributed by atoms with Gasteiger partial charge in [0, 0.05) is 19.3 Å². The van der Waals surface area contributed by atoms with E-state index in [9.17, 15) is 14.4 Å². The first-order valence-electron chi connectivity index (χ1n) is 31.2. The van der Waals surface area contributed by atoms with Crippen LogP contribution in [0.1, 0.15) is 297 Å². The Labute approximate surface area is 457 Å². The summed E-state index contributed by atoms with van der Waals surface area (Å²) in [4.78, 5) is 38.2. The molecule has 0 aromatic carbocycles. The molecule has 0 amide bonds. The van der Waals surface area contributed by atoms with Gasteiger partial charge in [0.15, 0.2) is 6.10 Å². The number of hydrogen-bond acceptors (Lipinski definition) is 6. The summed E-state index contributed by atoms with van der Waals surface area (Å²) in [5.74, 6) is -0.894. The lowest BCUT2D eigenvalue weighted by Crippen LogP contribution is -2.30. The van der Waals surface area contributed by atoms with E-state index >= 15 is 0 Å². The Morgan fingerprint density at radius 2 is 0.541 bits per heavy atom. The molecule has 0 aliphatic heterocycles. The number of hydrogen-bond donors (Lipinski definition) is 0. The van der Waals surface area contributed by atoms with Crippen molar-refractivity contribution in [2.45, 2.75) is 303 Å². The average molecular weight is 1030 g/mol. The summed E-state index contributed by atoms with van der Waals surface area (Å²) in [6.07, 6.45) is 82.7. The molecule has 0 aromatic rings. The Morgan fingerprint density at radius 1 is 0.284 bits per heavy atom. The van der Waals surface area contributed by atoms with Crippen molar-refractivity contribution >= 4 is 17.9 Å². The maximum atomic E-state index is 12.9. The zero-order chi connectivity index (χ0) is 53.6. The third kappa shape index (κ3) is 59.2. The van der Waals surface area contributed by atoms with Crippen LogP contribution in [0.4, 0.5) is 0 Å². The molecule has 0 radical (unpaired) electrons. The smallest absolute Gasteiger partial charge is 0.306 e. The first kappa shape index (κ1) is 70.3. The van der Waals surface area contributed by atoms with Crippen LogP contribution in [0.2, 0.25) is 0 Å². The second kappa shape index (κ2) is 61.9. The first-order chi connectivity index (χ1) is 36.5. The molecular formula is C68H116O6. The molecule has 0 aromatic heterocycles. The maximum Gasteiger partial charge on any atom is 0.306 e. The molecule has 0 N–H and O–H groups in total. The summed E-state index contributed by atoms with van der Waals surface area (Å²) >= 11 is 0. The molecule has 1 atom stereocenters. The van der Waals surface area contributed by atoms with Crippen LogP contribution in [0.5, 0.6) is 0 Å². The van der Waals surface area contributed by atoms with Crippen LogP contribution in [-0.2, 0) is 28.6 Å². The van der Waals surface area contributed by atoms with Gasteiger partial charge in [-0.3, -0.25) is 14.4 Å². The summed E-state index contributed by atoms with van der Waals surface area (Å²) in [7, 11) is 0. The van der Waals surface area contributed by atoms with Crippen molar-refractivity contribution in [3.63, 3.8) is 0 Å². The van der Waals surface area contributed by atoms with E-state index in [2.05, 4.69) is 118 Å². The largest absolute Gasteiger partial charge is 0.462 e. The Bertz CT molecular complexity index is 1460. The van der Waals surface area contributed by atoms with Gasteiger partial charge >= 0.3 is 17.9 Å². The van der Waals surface area contributed by atoms with E-state index in [4.69, 9.17) is 14.2 Å². The van der Waals surface area contributed by atoms with Crippen molar-refractivity contribution in [1.29, 1.82) is 0 Å². The quantitative estimate of drug-likeness (QED) is 0.0261. The molecule has 0 heterocycles. The number of rotatable bonds is 56. The molecule has 1 unspecified atom stereocenters. The van der Waals surface area contributed by atoms with E-state index in [0.717, 1.165) is 116 Å². The number of esters is 3. The fourth-order valence-corrected chi connectivity index (χ4v) is 8.64. The highest BCUT2D eigenvalue weighted by molar-refractivity contribution is 5.71. The molecule has 0 aliphatic carbocycles. The molecule has 74 heavy (non-hydrogen) atoms. The van der Waals surface area contributed by atoms with E-state index in [0.29, 0.717) is 19.3 Å². The highest BCUT2D eigenvalue weighted by Crippen LogP contribution is 2.16. The lowest BCUT2D eigenvalue weighted by atomic mass is 10.0. The summed E-state index contributed by atoms with van der Waals surface area (Å²) in [5.41, 5.74) is 0. The van der Waals surface area contributed by atoms with E-state index in [-0.39, 0.29) is 31.1 Å². The standard InChI is InChI=1S/C68H116O6/c1-4-7-10-13-16-19-22-24-26-28-29-30-31-32-33-34-35-36-37-38-39-40-42-43-46-49-52-55-58-61-67(70)73-64-65(63-72-66(69)60-57-54-51-48-45-21-18-15-12-9-6-3)74-68(71)62-59-56-53-50-47-44-41-27-25-23-20-17-14-11-8-5-2/h7,10,15-16,18-19,24,26,29-30,32-33,35-36,38-39,65H,4-6,8-9,11-14,17,20-23,25,27-28,31,34,37,40-64H2,1-3H3/b10-7-,18-15-,19-16-,26-24-,30-29-,33-32-,36-35-,39-38-. The van der Waals surface area contributed by atoms with Crippen LogP contribution in [0.3, 0.4) is 0 Å². The zero-order valence-corrected chi connectivity index (χ0v) is 48.6. The summed E-state index contributed by atoms with van der Waals surface area (Å²) in [5, 5.41) is 0. The van der Waals surface area contributed by atoms with Gasteiger partial charge in [0.1, 0.15) is 13.2 Å². The average Bonchev–Trinajstić information content (AvgIpc) is 3.40. The van der Waals surface area contributed by atoms with Crippen LogP contribution in [0.15, 0.2) is 97.2 Å². The molecule has 6 heteroatoms. The molecule has 0 aliphatic rings. The Balaban J connectivity index is 4.28. The molecule has 424 valence electrons. The van der Waals surface area contributed by atoms with Gasteiger partial charge in [-0.1, -0.05) is 279 Å². The molecular weight excluding hydrogens is 913 g/mol. The predicted octanol–water partition coefficient (Wildman–Crippen LogP) is 21.3. The van der Waals surface area contributed by atoms with Gasteiger partial charge in [0.25, 0.3) is 0 Å². The van der Waals surface area contributed by atoms with E-state index < -0.39 is 6.10 Å². The van der Waals surface area contributed by atoms with Crippen LogP contribution in [-0.4, -0.2) is 37.2 Å². The Morgan fingerprint density at radius 3 is 0.878 bits per heavy atom. The zero-order valence-electron chi connectivity index (χ0n) is 48.6. The molecule has 0 fully saturated rings. The Kier molecular flexibility index (Phi) is 58.8. The van der Waals surface area contributed by atoms with E-state index in [1.165, 1.54) is 141 Å². The van der Waals surface area contributed by atoms with Crippen molar-refractivity contribution in [3.8, 4) is 0 Å². The van der Waals surface area contributed by atoms with Crippen LogP contribution >= 0.6 is 0 Å². The minimum absolute atomic E-state index is 0.0829. The Hall–Kier alpha value is -3.67. The summed E-state index contributed by atoms with van der Waals surface area (Å²) in [6.45, 7) is 6.49. The van der Waals surface area contributed by atoms with Crippen molar-refractivity contribution < 1.29 is 28.6 Å². The predicted molar refractivity (Wildman–Crippen MR) is 320 cm³/mol. The SMILES string of the molecule is CC/C=C\C/C=C\C/C=C\C/C=C\C/C=C\C/C=C\C/C=C\CCCCCCCCCC(=O)OCC(COC(=O)CCCCCCC/C=C\CCCC)OC(=O)CCCCCCCCCCCCCCCCCC. The van der Waals surface area contributed by atoms with Crippen molar-refractivity contribution in [2.75, 3.05) is 13.2 Å². The normalized spacial score (nSPS) is 12.7. The van der Waals surface area contributed by atoms with Crippen molar-refractivity contribution in [2.24, 2.45) is 0 Å². The van der Waals surface area contributed by atoms with Crippen LogP contribution in [0.25, 0.3) is 0 Å². The molecule has 0 spiro atoms. The number of ether oxygens (including phenoxy) is 3. The third-order valence-corrected chi connectivity index (χ3v) is 13.3. The second-order valence-corrected chi connectivity index (χ2v) is 20.6. The van der Waals surface area contributed by atoms with Gasteiger partial charge in [0.05, 0.1) is 0 Å². The van der Waals surface area contributed by atoms with Crippen molar-refractivity contribution in [3.05, 3.63) is 97.2 Å². The van der Waals surface area contributed by atoms with Gasteiger partial charge < -0.3 is 14.2 Å². The summed E-state index contributed by atoms with van der Waals surface area (Å²) in [6, 6.07) is 0. The van der Waals surface area contributed by atoms with Gasteiger partial charge in [0.2, 0.25) is 0 Å². The number of carbonyl (C=O) groups is 3. The van der Waals surface area contributed by atoms with Crippen LogP contribution < -0.4 is 0 Å². The fraction of sp³-hybridized carbons (Fsp3) is 0.721.